The monoisotopic (exact) mass is 1190 g/mol. The van der Waals surface area contributed by atoms with Crippen LogP contribution in [0.15, 0.2) is 72.9 Å². The van der Waals surface area contributed by atoms with Crippen LogP contribution in [-0.2, 0) is 14.3 Å². The highest BCUT2D eigenvalue weighted by atomic mass is 16.7. The van der Waals surface area contributed by atoms with Crippen molar-refractivity contribution in [1.82, 2.24) is 5.32 Å². The lowest BCUT2D eigenvalue weighted by Crippen LogP contribution is -2.60. The molecule has 0 aromatic carbocycles. The van der Waals surface area contributed by atoms with Gasteiger partial charge in [0.1, 0.15) is 24.4 Å². The first kappa shape index (κ1) is 80.6. The van der Waals surface area contributed by atoms with Crippen molar-refractivity contribution in [2.45, 2.75) is 391 Å². The van der Waals surface area contributed by atoms with E-state index in [0.29, 0.717) is 6.42 Å². The fraction of sp³-hybridized carbons (Fsp3) is 0.829. The van der Waals surface area contributed by atoms with Gasteiger partial charge in [0.05, 0.1) is 25.4 Å². The summed E-state index contributed by atoms with van der Waals surface area (Å²) in [6.45, 7) is 3.70. The minimum Gasteiger partial charge on any atom is -0.394 e. The van der Waals surface area contributed by atoms with Crippen molar-refractivity contribution >= 4 is 5.91 Å². The lowest BCUT2D eigenvalue weighted by molar-refractivity contribution is -0.302. The Bertz CT molecular complexity index is 1570. The molecule has 0 aliphatic carbocycles. The Labute approximate surface area is 525 Å². The van der Waals surface area contributed by atoms with Gasteiger partial charge in [-0.1, -0.05) is 344 Å². The van der Waals surface area contributed by atoms with E-state index in [4.69, 9.17) is 9.47 Å². The quantitative estimate of drug-likeness (QED) is 0.0261. The van der Waals surface area contributed by atoms with Gasteiger partial charge in [-0.25, -0.2) is 0 Å². The number of aliphatic hydroxyl groups excluding tert-OH is 5. The maximum Gasteiger partial charge on any atom is 0.220 e. The van der Waals surface area contributed by atoms with E-state index in [1.54, 1.807) is 6.08 Å². The fourth-order valence-corrected chi connectivity index (χ4v) is 11.6. The number of unbranched alkanes of at least 4 members (excludes halogenated alkanes) is 44. The summed E-state index contributed by atoms with van der Waals surface area (Å²) in [6, 6.07) is -0.824. The van der Waals surface area contributed by atoms with Crippen molar-refractivity contribution < 1.29 is 39.8 Å². The van der Waals surface area contributed by atoms with Crippen molar-refractivity contribution in [2.24, 2.45) is 0 Å². The van der Waals surface area contributed by atoms with E-state index in [1.165, 1.54) is 263 Å². The molecule has 0 spiro atoms. The Kier molecular flexibility index (Phi) is 61.3. The average molecular weight is 1190 g/mol. The summed E-state index contributed by atoms with van der Waals surface area (Å²) in [7, 11) is 0. The number of aliphatic hydroxyl groups is 5. The van der Waals surface area contributed by atoms with Crippen LogP contribution >= 0.6 is 0 Å². The summed E-state index contributed by atoms with van der Waals surface area (Å²) in [4.78, 5) is 13.1. The van der Waals surface area contributed by atoms with E-state index < -0.39 is 49.5 Å². The summed E-state index contributed by atoms with van der Waals surface area (Å²) < 4.78 is 11.3. The SMILES string of the molecule is CC/C=C\C/C=C\C/C=C\C/C=C\CCCCCCCCCCCCCCCCCCCCCCCCC(=O)NC(COC1OC(CO)C(O)C(O)C1O)C(O)/C=C/CC/C=C/CCCCCCCCCCCCCCCCCCCCCCC. The molecule has 1 rings (SSSR count). The van der Waals surface area contributed by atoms with Gasteiger partial charge in [-0.2, -0.15) is 0 Å². The Morgan fingerprint density at radius 3 is 1.13 bits per heavy atom. The van der Waals surface area contributed by atoms with E-state index >= 15 is 0 Å². The second kappa shape index (κ2) is 64.6. The number of hydrogen-bond donors (Lipinski definition) is 6. The fourth-order valence-electron chi connectivity index (χ4n) is 11.6. The summed E-state index contributed by atoms with van der Waals surface area (Å²) >= 11 is 0. The van der Waals surface area contributed by atoms with Gasteiger partial charge in [0, 0.05) is 6.42 Å². The first-order valence-corrected chi connectivity index (χ1v) is 36.7. The maximum atomic E-state index is 13.1. The number of rotatable bonds is 64. The molecule has 1 aliphatic heterocycles. The molecule has 496 valence electrons. The molecule has 0 aromatic rings. The van der Waals surface area contributed by atoms with Gasteiger partial charge < -0.3 is 40.3 Å². The molecule has 1 saturated heterocycles. The van der Waals surface area contributed by atoms with Gasteiger partial charge in [-0.15, -0.1) is 0 Å². The number of carbonyl (C=O) groups excluding carboxylic acids is 1. The summed E-state index contributed by atoms with van der Waals surface area (Å²) in [5, 5.41) is 54.8. The lowest BCUT2D eigenvalue weighted by atomic mass is 9.99. The van der Waals surface area contributed by atoms with Crippen molar-refractivity contribution in [2.75, 3.05) is 13.2 Å². The zero-order valence-electron chi connectivity index (χ0n) is 55.6. The topological polar surface area (TPSA) is 149 Å². The predicted molar refractivity (Wildman–Crippen MR) is 364 cm³/mol. The third-order valence-corrected chi connectivity index (χ3v) is 17.3. The molecule has 0 bridgehead atoms. The molecule has 0 saturated carbocycles. The second-order valence-electron chi connectivity index (χ2n) is 25.3. The molecular weight excluding hydrogens is 1050 g/mol. The minimum atomic E-state index is -1.57. The standard InChI is InChI=1S/C76H139NO8/c1-3-5-7-9-11-13-15-17-19-21-23-25-27-29-31-32-33-34-35-36-37-38-40-42-44-46-48-50-52-54-56-58-60-62-64-66-72(80)77-69(68-84-76-75(83)74(82)73(81)71(67-78)85-76)70(79)65-63-61-59-57-55-53-51-49-47-45-43-41-39-30-28-26-24-22-20-18-16-14-12-10-8-6-4-2/h5,7,11,13,17,19,23,25,55,57,63,65,69-71,73-76,78-79,81-83H,3-4,6,8-10,12,14-16,18,20-22,24,26-54,56,58-62,64,66-68H2,1-2H3,(H,77,80)/b7-5-,13-11-,19-17-,25-23-,57-55+,65-63+. The average Bonchev–Trinajstić information content (AvgIpc) is 3.71. The Morgan fingerprint density at radius 2 is 0.741 bits per heavy atom. The molecule has 9 heteroatoms. The van der Waals surface area contributed by atoms with Gasteiger partial charge in [0.15, 0.2) is 6.29 Å². The van der Waals surface area contributed by atoms with Crippen LogP contribution in [0.1, 0.15) is 348 Å². The van der Waals surface area contributed by atoms with Crippen LogP contribution in [0.4, 0.5) is 0 Å². The van der Waals surface area contributed by atoms with Crippen molar-refractivity contribution in [3.63, 3.8) is 0 Å². The number of carbonyl (C=O) groups is 1. The van der Waals surface area contributed by atoms with E-state index in [9.17, 15) is 30.3 Å². The molecule has 7 unspecified atom stereocenters. The third kappa shape index (κ3) is 53.2. The first-order valence-electron chi connectivity index (χ1n) is 36.7. The van der Waals surface area contributed by atoms with Gasteiger partial charge >= 0.3 is 0 Å². The smallest absolute Gasteiger partial charge is 0.220 e. The van der Waals surface area contributed by atoms with E-state index in [1.807, 2.05) is 6.08 Å². The molecule has 1 heterocycles. The van der Waals surface area contributed by atoms with Crippen LogP contribution in [0.2, 0.25) is 0 Å². The highest BCUT2D eigenvalue weighted by Gasteiger charge is 2.44. The predicted octanol–water partition coefficient (Wildman–Crippen LogP) is 20.3. The molecule has 7 atom stereocenters. The molecule has 9 nitrogen and oxygen atoms in total. The molecule has 0 aromatic heterocycles. The van der Waals surface area contributed by atoms with Crippen LogP contribution < -0.4 is 5.32 Å². The molecule has 0 radical (unpaired) electrons. The highest BCUT2D eigenvalue weighted by Crippen LogP contribution is 2.23. The van der Waals surface area contributed by atoms with Crippen LogP contribution in [-0.4, -0.2) is 87.5 Å². The van der Waals surface area contributed by atoms with Crippen molar-refractivity contribution in [1.29, 1.82) is 0 Å². The summed E-state index contributed by atoms with van der Waals surface area (Å²) in [5.41, 5.74) is 0. The third-order valence-electron chi connectivity index (χ3n) is 17.3. The molecule has 1 fully saturated rings. The molecule has 1 aliphatic rings. The largest absolute Gasteiger partial charge is 0.394 e. The van der Waals surface area contributed by atoms with E-state index in [-0.39, 0.29) is 12.5 Å². The Morgan fingerprint density at radius 1 is 0.412 bits per heavy atom. The van der Waals surface area contributed by atoms with Gasteiger partial charge in [-0.3, -0.25) is 4.79 Å². The van der Waals surface area contributed by atoms with Crippen molar-refractivity contribution in [3.05, 3.63) is 72.9 Å². The van der Waals surface area contributed by atoms with Crippen LogP contribution in [0.5, 0.6) is 0 Å². The van der Waals surface area contributed by atoms with Crippen LogP contribution in [0, 0.1) is 0 Å². The molecule has 1 amide bonds. The number of ether oxygens (including phenoxy) is 2. The zero-order chi connectivity index (χ0) is 61.4. The summed E-state index contributed by atoms with van der Waals surface area (Å²) in [5.74, 6) is -0.181. The number of allylic oxidation sites excluding steroid dienone is 11. The van der Waals surface area contributed by atoms with E-state index in [2.05, 4.69) is 79.9 Å². The van der Waals surface area contributed by atoms with Crippen LogP contribution in [0.3, 0.4) is 0 Å². The lowest BCUT2D eigenvalue weighted by Gasteiger charge is -2.40. The second-order valence-corrected chi connectivity index (χ2v) is 25.3. The molecular formula is C76H139NO8. The summed E-state index contributed by atoms with van der Waals surface area (Å²) in [6.07, 6.45) is 84.6. The zero-order valence-corrected chi connectivity index (χ0v) is 55.6. The van der Waals surface area contributed by atoms with Crippen molar-refractivity contribution in [3.8, 4) is 0 Å². The molecule has 6 N–H and O–H groups in total. The number of amides is 1. The van der Waals surface area contributed by atoms with Gasteiger partial charge in [0.2, 0.25) is 5.91 Å². The van der Waals surface area contributed by atoms with Gasteiger partial charge in [0.25, 0.3) is 0 Å². The first-order chi connectivity index (χ1) is 41.8. The number of hydrogen-bond acceptors (Lipinski definition) is 8. The molecule has 85 heavy (non-hydrogen) atoms. The maximum absolute atomic E-state index is 13.1. The van der Waals surface area contributed by atoms with Crippen LogP contribution in [0.25, 0.3) is 0 Å². The minimum absolute atomic E-state index is 0.181. The Hall–Kier alpha value is -2.37. The highest BCUT2D eigenvalue weighted by molar-refractivity contribution is 5.76. The number of nitrogens with one attached hydrogen (secondary N) is 1. The Balaban J connectivity index is 2.11. The van der Waals surface area contributed by atoms with Gasteiger partial charge in [-0.05, 0) is 70.6 Å². The van der Waals surface area contributed by atoms with E-state index in [0.717, 1.165) is 64.2 Å². The normalized spacial score (nSPS) is 18.5.